The molecule has 17 heavy (non-hydrogen) atoms. The molecule has 0 aromatic carbocycles. The lowest BCUT2D eigenvalue weighted by Crippen LogP contribution is -2.33. The van der Waals surface area contributed by atoms with E-state index in [9.17, 15) is 4.79 Å². The molecule has 0 aliphatic carbocycles. The molecule has 4 N–H and O–H groups in total. The Morgan fingerprint density at radius 1 is 1.59 bits per heavy atom. The fourth-order valence-electron chi connectivity index (χ4n) is 1.30. The average molecular weight is 240 g/mol. The fraction of sp³-hybridized carbons (Fsp3) is 0.444. The van der Waals surface area contributed by atoms with Crippen LogP contribution in [-0.4, -0.2) is 43.6 Å². The van der Waals surface area contributed by atoms with Crippen LogP contribution < -0.4 is 26.2 Å². The van der Waals surface area contributed by atoms with Crippen molar-refractivity contribution in [2.75, 3.05) is 38.1 Å². The summed E-state index contributed by atoms with van der Waals surface area (Å²) in [6, 6.07) is 0. The van der Waals surface area contributed by atoms with Crippen molar-refractivity contribution in [2.45, 2.75) is 0 Å². The number of methoxy groups -OCH3 is 1. The van der Waals surface area contributed by atoms with Crippen LogP contribution in [-0.2, 0) is 4.79 Å². The van der Waals surface area contributed by atoms with Gasteiger partial charge in [0.1, 0.15) is 6.33 Å². The van der Waals surface area contributed by atoms with E-state index >= 15 is 0 Å². The molecule has 94 valence electrons. The maximum absolute atomic E-state index is 11.3. The third-order valence-corrected chi connectivity index (χ3v) is 2.15. The van der Waals surface area contributed by atoms with Gasteiger partial charge in [-0.2, -0.15) is 0 Å². The lowest BCUT2D eigenvalue weighted by atomic mass is 10.4. The van der Waals surface area contributed by atoms with Gasteiger partial charge >= 0.3 is 0 Å². The van der Waals surface area contributed by atoms with Gasteiger partial charge in [-0.1, -0.05) is 0 Å². The predicted octanol–water partition coefficient (Wildman–Crippen LogP) is -1.05. The molecule has 1 rings (SSSR count). The molecule has 0 unspecified atom stereocenters. The summed E-state index contributed by atoms with van der Waals surface area (Å²) >= 11 is 0. The molecule has 1 aromatic rings. The van der Waals surface area contributed by atoms with Gasteiger partial charge in [-0.3, -0.25) is 4.79 Å². The van der Waals surface area contributed by atoms with Crippen LogP contribution in [0.2, 0.25) is 0 Å². The molecule has 0 saturated heterocycles. The van der Waals surface area contributed by atoms with Crippen molar-refractivity contribution in [3.63, 3.8) is 0 Å². The van der Waals surface area contributed by atoms with Crippen LogP contribution in [0.15, 0.2) is 6.33 Å². The molecule has 0 fully saturated rings. The number of amides is 1. The maximum atomic E-state index is 11.3. The quantitative estimate of drug-likeness (QED) is 0.445. The van der Waals surface area contributed by atoms with Gasteiger partial charge in [-0.25, -0.2) is 15.8 Å². The third-order valence-electron chi connectivity index (χ3n) is 2.15. The monoisotopic (exact) mass is 240 g/mol. The number of nitrogens with two attached hydrogens (primary N) is 1. The molecule has 0 atom stereocenters. The zero-order valence-electron chi connectivity index (χ0n) is 10.0. The predicted molar refractivity (Wildman–Crippen MR) is 63.7 cm³/mol. The van der Waals surface area contributed by atoms with E-state index in [-0.39, 0.29) is 12.5 Å². The highest BCUT2D eigenvalue weighted by Crippen LogP contribution is 2.30. The number of carbonyl (C=O) groups is 1. The summed E-state index contributed by atoms with van der Waals surface area (Å²) in [5, 5.41) is 2.53. The zero-order chi connectivity index (χ0) is 12.8. The average Bonchev–Trinajstić information content (AvgIpc) is 2.37. The van der Waals surface area contributed by atoms with Crippen LogP contribution >= 0.6 is 0 Å². The first-order valence-corrected chi connectivity index (χ1v) is 4.91. The summed E-state index contributed by atoms with van der Waals surface area (Å²) in [5.41, 5.74) is 2.41. The molecule has 8 nitrogen and oxygen atoms in total. The summed E-state index contributed by atoms with van der Waals surface area (Å²) < 4.78 is 5.16. The molecular formula is C9H16N6O2. The van der Waals surface area contributed by atoms with Gasteiger partial charge in [0.15, 0.2) is 11.6 Å². The standard InChI is InChI=1S/C9H16N6O2/c1-11-6(16)4-15(2)9-7(17-3)8(14-10)12-5-13-9/h5H,4,10H2,1-3H3,(H,11,16)(H,12,13,14). The second kappa shape index (κ2) is 5.85. The topological polar surface area (TPSA) is 105 Å². The lowest BCUT2D eigenvalue weighted by Gasteiger charge is -2.20. The van der Waals surface area contributed by atoms with Gasteiger partial charge in [0, 0.05) is 14.1 Å². The van der Waals surface area contributed by atoms with E-state index in [1.165, 1.54) is 13.4 Å². The van der Waals surface area contributed by atoms with E-state index < -0.39 is 0 Å². The number of nitrogen functional groups attached to an aromatic ring is 1. The number of nitrogens with zero attached hydrogens (tertiary/aromatic N) is 3. The van der Waals surface area contributed by atoms with E-state index in [0.29, 0.717) is 17.4 Å². The summed E-state index contributed by atoms with van der Waals surface area (Å²) in [6.07, 6.45) is 1.34. The van der Waals surface area contributed by atoms with Gasteiger partial charge in [-0.05, 0) is 0 Å². The summed E-state index contributed by atoms with van der Waals surface area (Å²) in [5.74, 6) is 6.41. The Kier molecular flexibility index (Phi) is 4.46. The molecular weight excluding hydrogens is 224 g/mol. The van der Waals surface area contributed by atoms with E-state index in [1.54, 1.807) is 19.0 Å². The third kappa shape index (κ3) is 2.94. The molecule has 0 aliphatic rings. The molecule has 0 radical (unpaired) electrons. The van der Waals surface area contributed by atoms with Crippen molar-refractivity contribution in [3.8, 4) is 5.75 Å². The van der Waals surface area contributed by atoms with Crippen LogP contribution in [0.1, 0.15) is 0 Å². The van der Waals surface area contributed by atoms with Crippen molar-refractivity contribution >= 4 is 17.5 Å². The fourth-order valence-corrected chi connectivity index (χ4v) is 1.30. The number of hydrazine groups is 1. The SMILES string of the molecule is CNC(=O)CN(C)c1ncnc(NN)c1OC. The van der Waals surface area contributed by atoms with Crippen molar-refractivity contribution in [1.82, 2.24) is 15.3 Å². The lowest BCUT2D eigenvalue weighted by molar-refractivity contribution is -0.119. The summed E-state index contributed by atoms with van der Waals surface area (Å²) in [6.45, 7) is 0.161. The molecule has 8 heteroatoms. The number of aromatic nitrogens is 2. The highest BCUT2D eigenvalue weighted by Gasteiger charge is 2.16. The normalized spacial score (nSPS) is 9.65. The maximum Gasteiger partial charge on any atom is 0.239 e. The number of ether oxygens (including phenoxy) is 1. The van der Waals surface area contributed by atoms with E-state index in [4.69, 9.17) is 10.6 Å². The molecule has 0 bridgehead atoms. The first-order valence-electron chi connectivity index (χ1n) is 4.91. The van der Waals surface area contributed by atoms with Gasteiger partial charge < -0.3 is 20.4 Å². The van der Waals surface area contributed by atoms with Crippen LogP contribution in [0.4, 0.5) is 11.6 Å². The van der Waals surface area contributed by atoms with Crippen molar-refractivity contribution in [1.29, 1.82) is 0 Å². The largest absolute Gasteiger partial charge is 0.490 e. The Labute approximate surface area is 99.1 Å². The van der Waals surface area contributed by atoms with E-state index in [0.717, 1.165) is 0 Å². The Hall–Kier alpha value is -2.09. The zero-order valence-corrected chi connectivity index (χ0v) is 10.0. The molecule has 0 saturated carbocycles. The molecule has 0 aliphatic heterocycles. The van der Waals surface area contributed by atoms with Gasteiger partial charge in [-0.15, -0.1) is 0 Å². The molecule has 1 aromatic heterocycles. The van der Waals surface area contributed by atoms with Gasteiger partial charge in [0.25, 0.3) is 0 Å². The number of carbonyl (C=O) groups excluding carboxylic acids is 1. The molecule has 1 amide bonds. The minimum absolute atomic E-state index is 0.129. The van der Waals surface area contributed by atoms with Crippen molar-refractivity contribution in [2.24, 2.45) is 5.84 Å². The molecule has 0 spiro atoms. The Morgan fingerprint density at radius 2 is 2.29 bits per heavy atom. The number of likely N-dealkylation sites (N-methyl/N-ethyl adjacent to an activating group) is 2. The minimum Gasteiger partial charge on any atom is -0.490 e. The summed E-state index contributed by atoms with van der Waals surface area (Å²) in [7, 11) is 4.78. The van der Waals surface area contributed by atoms with Crippen molar-refractivity contribution < 1.29 is 9.53 Å². The highest BCUT2D eigenvalue weighted by atomic mass is 16.5. The van der Waals surface area contributed by atoms with Gasteiger partial charge in [0.05, 0.1) is 13.7 Å². The minimum atomic E-state index is -0.129. The van der Waals surface area contributed by atoms with Crippen molar-refractivity contribution in [3.05, 3.63) is 6.33 Å². The Morgan fingerprint density at radius 3 is 2.82 bits per heavy atom. The first kappa shape index (κ1) is 13.0. The first-order chi connectivity index (χ1) is 8.13. The Bertz CT molecular complexity index is 397. The van der Waals surface area contributed by atoms with Crippen LogP contribution in [0.3, 0.4) is 0 Å². The number of anilines is 2. The highest BCUT2D eigenvalue weighted by molar-refractivity contribution is 5.81. The Balaban J connectivity index is 3.00. The smallest absolute Gasteiger partial charge is 0.239 e. The van der Waals surface area contributed by atoms with Crippen LogP contribution in [0, 0.1) is 0 Å². The number of rotatable bonds is 5. The van der Waals surface area contributed by atoms with Crippen LogP contribution in [0.5, 0.6) is 5.75 Å². The number of hydrogen-bond donors (Lipinski definition) is 3. The second-order valence-corrected chi connectivity index (χ2v) is 3.25. The summed E-state index contributed by atoms with van der Waals surface area (Å²) in [4.78, 5) is 20.9. The number of nitrogens with one attached hydrogen (secondary N) is 2. The number of hydrogen-bond acceptors (Lipinski definition) is 7. The second-order valence-electron chi connectivity index (χ2n) is 3.25. The van der Waals surface area contributed by atoms with Gasteiger partial charge in [0.2, 0.25) is 11.7 Å². The molecule has 1 heterocycles. The van der Waals surface area contributed by atoms with E-state index in [2.05, 4.69) is 20.7 Å². The van der Waals surface area contributed by atoms with Crippen LogP contribution in [0.25, 0.3) is 0 Å². The van der Waals surface area contributed by atoms with E-state index in [1.807, 2.05) is 0 Å².